The first-order chi connectivity index (χ1) is 41.2. The third-order valence-electron chi connectivity index (χ3n) is 9.04. The third-order valence-corrected chi connectivity index (χ3v) is 9.04. The standard InChI is InChI=1S/C51H31N5O/c1-4-15-32(16-5-1)35-27-30-44-40(31-35)46-43(25-14-26-45(46)57-44)55-41-23-12-10-21-36(41)38-28-29-39-37-22-11-13-24-42(37)56(48(39)47(38)55)51-53-49(33-17-6-2-7-18-33)52-50(54-51)34-19-8-3-9-20-34/h1-31H/i1D,2D,3D,4D,5D,6D,7D,8D,9D,10D,11D,12D,13D,14D,15D,16D,17D,18D,19D,20D,21D,22D,23D,24D,25D,26D,27D,28D,29D,30D,31D. The minimum absolute atomic E-state index is 0.641. The average Bonchev–Trinajstić information content (AvgIpc) is 1.51. The van der Waals surface area contributed by atoms with Crippen LogP contribution in [0, 0.1) is 0 Å². The number of fused-ring (bicyclic) bond motifs is 10. The van der Waals surface area contributed by atoms with Gasteiger partial charge in [-0.25, -0.2) is 4.98 Å². The third kappa shape index (κ3) is 4.81. The molecule has 0 unspecified atom stereocenters. The van der Waals surface area contributed by atoms with Crippen LogP contribution in [0.1, 0.15) is 42.5 Å². The first-order valence-electron chi connectivity index (χ1n) is 32.1. The quantitative estimate of drug-likeness (QED) is 0.175. The van der Waals surface area contributed by atoms with Crippen LogP contribution in [0.4, 0.5) is 0 Å². The van der Waals surface area contributed by atoms with E-state index in [1.165, 1.54) is 0 Å². The molecule has 8 aromatic carbocycles. The molecule has 57 heavy (non-hydrogen) atoms. The highest BCUT2D eigenvalue weighted by molar-refractivity contribution is 6.24. The second kappa shape index (κ2) is 12.3. The van der Waals surface area contributed by atoms with Crippen molar-refractivity contribution in [2.45, 2.75) is 0 Å². The Bertz CT molecular complexity index is 5190. The molecule has 0 saturated carbocycles. The van der Waals surface area contributed by atoms with Gasteiger partial charge in [0.25, 0.3) is 0 Å². The van der Waals surface area contributed by atoms with Gasteiger partial charge in [0.05, 0.1) is 75.6 Å². The molecular formula is C51H31N5O. The van der Waals surface area contributed by atoms with Crippen molar-refractivity contribution in [1.82, 2.24) is 24.1 Å². The first-order valence-corrected chi connectivity index (χ1v) is 16.6. The van der Waals surface area contributed by atoms with E-state index >= 15 is 0 Å². The number of hydrogen-bond donors (Lipinski definition) is 0. The van der Waals surface area contributed by atoms with Crippen LogP contribution >= 0.6 is 0 Å². The highest BCUT2D eigenvalue weighted by Crippen LogP contribution is 2.44. The van der Waals surface area contributed by atoms with Gasteiger partial charge in [0.15, 0.2) is 11.6 Å². The summed E-state index contributed by atoms with van der Waals surface area (Å²) in [5.74, 6) is -2.81. The molecule has 0 aliphatic carbocycles. The Morgan fingerprint density at radius 3 is 1.56 bits per heavy atom. The molecule has 0 amide bonds. The highest BCUT2D eigenvalue weighted by Gasteiger charge is 2.25. The number of para-hydroxylation sites is 2. The van der Waals surface area contributed by atoms with Gasteiger partial charge in [0.1, 0.15) is 11.2 Å². The molecule has 0 aliphatic heterocycles. The van der Waals surface area contributed by atoms with Crippen molar-refractivity contribution >= 4 is 65.6 Å². The van der Waals surface area contributed by atoms with E-state index in [4.69, 9.17) is 31.8 Å². The van der Waals surface area contributed by atoms with Gasteiger partial charge in [-0.3, -0.25) is 4.57 Å². The van der Waals surface area contributed by atoms with Crippen molar-refractivity contribution in [3.63, 3.8) is 0 Å². The zero-order valence-corrected chi connectivity index (χ0v) is 28.1. The van der Waals surface area contributed by atoms with Crippen LogP contribution in [0.3, 0.4) is 0 Å². The fourth-order valence-corrected chi connectivity index (χ4v) is 6.75. The zero-order chi connectivity index (χ0) is 64.4. The van der Waals surface area contributed by atoms with E-state index in [1.54, 1.807) is 0 Å². The summed E-state index contributed by atoms with van der Waals surface area (Å²) in [6.45, 7) is 0. The predicted molar refractivity (Wildman–Crippen MR) is 232 cm³/mol. The van der Waals surface area contributed by atoms with Gasteiger partial charge in [0, 0.05) is 38.1 Å². The number of aromatic nitrogens is 5. The van der Waals surface area contributed by atoms with Crippen LogP contribution in [0.25, 0.3) is 111 Å². The van der Waals surface area contributed by atoms with Crippen molar-refractivity contribution in [3.8, 4) is 45.5 Å². The molecule has 0 fully saturated rings. The summed E-state index contributed by atoms with van der Waals surface area (Å²) < 4.78 is 288. The van der Waals surface area contributed by atoms with E-state index in [0.717, 1.165) is 9.13 Å². The van der Waals surface area contributed by atoms with Crippen molar-refractivity contribution in [2.24, 2.45) is 0 Å². The van der Waals surface area contributed by atoms with Gasteiger partial charge in [-0.1, -0.05) is 151 Å². The van der Waals surface area contributed by atoms with Crippen LogP contribution in [-0.4, -0.2) is 24.1 Å². The second-order valence-corrected chi connectivity index (χ2v) is 12.1. The summed E-state index contributed by atoms with van der Waals surface area (Å²) in [7, 11) is 0. The van der Waals surface area contributed by atoms with Gasteiger partial charge < -0.3 is 8.98 Å². The first kappa shape index (κ1) is 13.7. The lowest BCUT2D eigenvalue weighted by molar-refractivity contribution is 0.669. The Hall–Kier alpha value is -7.83. The van der Waals surface area contributed by atoms with E-state index < -0.39 is 298 Å². The molecule has 12 aromatic rings. The Balaban J connectivity index is 1.42. The summed E-state index contributed by atoms with van der Waals surface area (Å²) in [5, 5.41) is -3.92. The van der Waals surface area contributed by atoms with E-state index in [0.29, 0.717) is 0 Å². The molecule has 0 aliphatic rings. The SMILES string of the molecule is [2H]c1c([2H])c([2H])c(-c2nc(-c3c([2H])c([2H])c([2H])c([2H])c3[2H])nc(-n3c4c([2H])c([2H])c([2H])c([2H])c4c4c([2H])c([2H])c5c6c([2H])c([2H])c([2H])c([2H])c6n(-c6c([2H])c([2H])c([2H])c7oc8c([2H])c([2H])c(-c9c([2H])c([2H])c([2H])c([2H])c9[2H])c([2H])c8c67)c5c43)n2)c([2H])c1[2H]. The maximum Gasteiger partial charge on any atom is 0.238 e. The predicted octanol–water partition coefficient (Wildman–Crippen LogP) is 13.0. The largest absolute Gasteiger partial charge is 0.456 e. The van der Waals surface area contributed by atoms with Crippen LogP contribution in [0.5, 0.6) is 0 Å². The lowest BCUT2D eigenvalue weighted by Gasteiger charge is -2.14. The summed E-state index contributed by atoms with van der Waals surface area (Å²) in [6, 6.07) is -29.6. The minimum Gasteiger partial charge on any atom is -0.456 e. The fourth-order valence-electron chi connectivity index (χ4n) is 6.75. The summed E-state index contributed by atoms with van der Waals surface area (Å²) in [6.07, 6.45) is 0. The highest BCUT2D eigenvalue weighted by atomic mass is 16.3. The molecule has 0 atom stereocenters. The van der Waals surface area contributed by atoms with Gasteiger partial charge in [-0.05, 0) is 47.4 Å². The number of rotatable bonds is 5. The Kier molecular flexibility index (Phi) is 2.97. The smallest absolute Gasteiger partial charge is 0.238 e. The molecule has 6 heteroatoms. The lowest BCUT2D eigenvalue weighted by atomic mass is 10.0. The summed E-state index contributed by atoms with van der Waals surface area (Å²) in [5.41, 5.74) is -8.34. The van der Waals surface area contributed by atoms with E-state index in [-0.39, 0.29) is 0 Å². The molecule has 0 radical (unpaired) electrons. The molecule has 0 saturated heterocycles. The Morgan fingerprint density at radius 2 is 0.930 bits per heavy atom. The number of furan rings is 1. The minimum atomic E-state index is -1.06. The Morgan fingerprint density at radius 1 is 0.386 bits per heavy atom. The maximum atomic E-state index is 9.86. The molecule has 4 heterocycles. The van der Waals surface area contributed by atoms with Crippen molar-refractivity contribution in [3.05, 3.63) is 187 Å². The topological polar surface area (TPSA) is 61.7 Å². The van der Waals surface area contributed by atoms with Gasteiger partial charge in [-0.15, -0.1) is 0 Å². The summed E-state index contributed by atoms with van der Waals surface area (Å²) in [4.78, 5) is 13.4. The molecule has 0 N–H and O–H groups in total. The van der Waals surface area contributed by atoms with Crippen LogP contribution < -0.4 is 0 Å². The van der Waals surface area contributed by atoms with Crippen LogP contribution in [0.2, 0.25) is 0 Å². The molecule has 6 nitrogen and oxygen atoms in total. The van der Waals surface area contributed by atoms with Crippen LogP contribution in [0.15, 0.2) is 192 Å². The molecule has 266 valence electrons. The van der Waals surface area contributed by atoms with Crippen LogP contribution in [-0.2, 0) is 0 Å². The molecular weight excluding hydrogens is 699 g/mol. The number of benzene rings is 8. The monoisotopic (exact) mass is 760 g/mol. The fraction of sp³-hybridized carbons (Fsp3) is 0. The Labute approximate surface area is 370 Å². The van der Waals surface area contributed by atoms with Crippen molar-refractivity contribution in [2.75, 3.05) is 0 Å². The number of hydrogen-bond acceptors (Lipinski definition) is 4. The molecule has 0 bridgehead atoms. The van der Waals surface area contributed by atoms with E-state index in [1.807, 2.05) is 0 Å². The molecule has 0 spiro atoms. The second-order valence-electron chi connectivity index (χ2n) is 12.1. The van der Waals surface area contributed by atoms with E-state index in [9.17, 15) is 15.1 Å². The number of nitrogens with zero attached hydrogens (tertiary/aromatic N) is 5. The average molecular weight is 761 g/mol. The molecule has 12 rings (SSSR count). The lowest BCUT2D eigenvalue weighted by Crippen LogP contribution is -2.07. The molecule has 4 aromatic heterocycles. The maximum absolute atomic E-state index is 9.86. The van der Waals surface area contributed by atoms with Crippen molar-refractivity contribution < 1.29 is 46.9 Å². The van der Waals surface area contributed by atoms with Gasteiger partial charge in [-0.2, -0.15) is 9.97 Å². The zero-order valence-electron chi connectivity index (χ0n) is 59.1. The van der Waals surface area contributed by atoms with Crippen molar-refractivity contribution in [1.29, 1.82) is 0 Å². The van der Waals surface area contributed by atoms with Gasteiger partial charge in [0.2, 0.25) is 5.95 Å². The van der Waals surface area contributed by atoms with E-state index in [2.05, 4.69) is 15.0 Å². The summed E-state index contributed by atoms with van der Waals surface area (Å²) >= 11 is 0. The normalized spacial score (nSPS) is 19.5. The van der Waals surface area contributed by atoms with Gasteiger partial charge >= 0.3 is 0 Å².